The summed E-state index contributed by atoms with van der Waals surface area (Å²) in [5.74, 6) is 1.08. The normalized spacial score (nSPS) is 20.8. The van der Waals surface area contributed by atoms with Crippen molar-refractivity contribution in [1.82, 2.24) is 25.1 Å². The quantitative estimate of drug-likeness (QED) is 0.788. The van der Waals surface area contributed by atoms with E-state index in [9.17, 15) is 4.79 Å². The van der Waals surface area contributed by atoms with Crippen LogP contribution in [0.3, 0.4) is 0 Å². The van der Waals surface area contributed by atoms with E-state index in [0.717, 1.165) is 0 Å². The Hall–Kier alpha value is -2.74. The van der Waals surface area contributed by atoms with Crippen LogP contribution in [-0.2, 0) is 4.74 Å². The van der Waals surface area contributed by atoms with Gasteiger partial charge in [-0.2, -0.15) is 5.10 Å². The predicted molar refractivity (Wildman–Crippen MR) is 84.3 cm³/mol. The van der Waals surface area contributed by atoms with Crippen molar-refractivity contribution in [1.29, 1.82) is 0 Å². The summed E-state index contributed by atoms with van der Waals surface area (Å²) in [5.41, 5.74) is 1.71. The fraction of sp³-hybridized carbons (Fsp3) is 0.375. The van der Waals surface area contributed by atoms with Gasteiger partial charge >= 0.3 is 0 Å². The molecule has 3 heterocycles. The monoisotopic (exact) mass is 327 g/mol. The first kappa shape index (κ1) is 14.8. The number of amides is 1. The van der Waals surface area contributed by atoms with Crippen LogP contribution in [0.15, 0.2) is 28.9 Å². The van der Waals surface area contributed by atoms with E-state index in [1.807, 2.05) is 6.07 Å². The zero-order valence-corrected chi connectivity index (χ0v) is 13.4. The molecule has 8 nitrogen and oxygen atoms in total. The lowest BCUT2D eigenvalue weighted by Gasteiger charge is -2.22. The van der Waals surface area contributed by atoms with Gasteiger partial charge in [0.15, 0.2) is 11.5 Å². The van der Waals surface area contributed by atoms with Gasteiger partial charge in [-0.25, -0.2) is 9.97 Å². The number of likely N-dealkylation sites (tertiary alicyclic amines) is 1. The molecule has 1 fully saturated rings. The van der Waals surface area contributed by atoms with E-state index in [4.69, 9.17) is 9.15 Å². The third kappa shape index (κ3) is 2.35. The van der Waals surface area contributed by atoms with Crippen LogP contribution in [0.1, 0.15) is 34.5 Å². The molecule has 3 aromatic rings. The highest BCUT2D eigenvalue weighted by Gasteiger charge is 2.39. The average Bonchev–Trinajstić information content (AvgIpc) is 3.30. The summed E-state index contributed by atoms with van der Waals surface area (Å²) in [4.78, 5) is 23.5. The summed E-state index contributed by atoms with van der Waals surface area (Å²) in [6, 6.07) is 5.17. The number of nitrogens with zero attached hydrogens (tertiary/aromatic N) is 4. The lowest BCUT2D eigenvalue weighted by atomic mass is 10.1. The lowest BCUT2D eigenvalue weighted by Crippen LogP contribution is -2.32. The van der Waals surface area contributed by atoms with E-state index < -0.39 is 0 Å². The Labute approximate surface area is 137 Å². The Morgan fingerprint density at radius 3 is 3.08 bits per heavy atom. The first-order chi connectivity index (χ1) is 11.7. The van der Waals surface area contributed by atoms with Gasteiger partial charge in [0, 0.05) is 27.0 Å². The number of aromatic nitrogens is 4. The Balaban J connectivity index is 1.73. The minimum Gasteiger partial charge on any atom is -0.441 e. The van der Waals surface area contributed by atoms with Gasteiger partial charge in [-0.05, 0) is 12.1 Å². The number of rotatable bonds is 3. The van der Waals surface area contributed by atoms with Crippen molar-refractivity contribution in [3.05, 3.63) is 41.8 Å². The standard InChI is InChI=1S/C16H17N5O3/c1-9-19-14-11(4-3-5-13(14)24-9)16(22)21-7-10(23-2)6-12(21)15-17-8-18-20-15/h3-5,8,10,12H,6-7H2,1-2H3,(H,17,18,20)/t10-,12+/m1/s1. The summed E-state index contributed by atoms with van der Waals surface area (Å²) in [7, 11) is 1.65. The van der Waals surface area contributed by atoms with Crippen LogP contribution >= 0.6 is 0 Å². The molecular formula is C16H17N5O3. The number of hydrogen-bond acceptors (Lipinski definition) is 6. The maximum Gasteiger partial charge on any atom is 0.256 e. The summed E-state index contributed by atoms with van der Waals surface area (Å²) in [5, 5.41) is 6.75. The number of fused-ring (bicyclic) bond motifs is 1. The number of aryl methyl sites for hydroxylation is 1. The van der Waals surface area contributed by atoms with Crippen molar-refractivity contribution < 1.29 is 13.9 Å². The fourth-order valence-corrected chi connectivity index (χ4v) is 3.21. The Kier molecular flexibility index (Phi) is 3.53. The molecule has 2 atom stereocenters. The molecule has 0 bridgehead atoms. The zero-order valence-electron chi connectivity index (χ0n) is 13.4. The van der Waals surface area contributed by atoms with Crippen LogP contribution in [0.25, 0.3) is 11.1 Å². The molecule has 1 aliphatic heterocycles. The topological polar surface area (TPSA) is 97.1 Å². The third-order valence-corrected chi connectivity index (χ3v) is 4.36. The summed E-state index contributed by atoms with van der Waals surface area (Å²) < 4.78 is 11.0. The smallest absolute Gasteiger partial charge is 0.256 e. The molecule has 0 spiro atoms. The van der Waals surface area contributed by atoms with Crippen LogP contribution in [-0.4, -0.2) is 50.7 Å². The van der Waals surface area contributed by atoms with Crippen molar-refractivity contribution in [3.63, 3.8) is 0 Å². The first-order valence-electron chi connectivity index (χ1n) is 7.72. The number of nitrogens with one attached hydrogen (secondary N) is 1. The molecule has 4 rings (SSSR count). The largest absolute Gasteiger partial charge is 0.441 e. The number of benzene rings is 1. The number of ether oxygens (including phenoxy) is 1. The van der Waals surface area contributed by atoms with Crippen LogP contribution < -0.4 is 0 Å². The Morgan fingerprint density at radius 2 is 2.33 bits per heavy atom. The van der Waals surface area contributed by atoms with Crippen molar-refractivity contribution in [2.45, 2.75) is 25.5 Å². The molecule has 0 unspecified atom stereocenters. The molecule has 2 aromatic heterocycles. The zero-order chi connectivity index (χ0) is 16.7. The van der Waals surface area contributed by atoms with E-state index >= 15 is 0 Å². The minimum atomic E-state index is -0.201. The van der Waals surface area contributed by atoms with E-state index in [1.54, 1.807) is 31.1 Å². The molecular weight excluding hydrogens is 310 g/mol. The molecule has 0 radical (unpaired) electrons. The molecule has 0 saturated carbocycles. The van der Waals surface area contributed by atoms with E-state index in [1.165, 1.54) is 6.33 Å². The number of carbonyl (C=O) groups excluding carboxylic acids is 1. The van der Waals surface area contributed by atoms with Crippen LogP contribution in [0.5, 0.6) is 0 Å². The van der Waals surface area contributed by atoms with E-state index in [2.05, 4.69) is 20.2 Å². The second-order valence-electron chi connectivity index (χ2n) is 5.82. The second-order valence-corrected chi connectivity index (χ2v) is 5.82. The van der Waals surface area contributed by atoms with Crippen LogP contribution in [0, 0.1) is 6.92 Å². The molecule has 1 aromatic carbocycles. The van der Waals surface area contributed by atoms with Gasteiger partial charge in [-0.15, -0.1) is 0 Å². The Bertz CT molecular complexity index is 873. The Morgan fingerprint density at radius 1 is 1.46 bits per heavy atom. The van der Waals surface area contributed by atoms with Gasteiger partial charge in [-0.3, -0.25) is 9.89 Å². The first-order valence-corrected chi connectivity index (χ1v) is 7.72. The number of methoxy groups -OCH3 is 1. The summed E-state index contributed by atoms with van der Waals surface area (Å²) >= 11 is 0. The van der Waals surface area contributed by atoms with Crippen LogP contribution in [0.2, 0.25) is 0 Å². The average molecular weight is 327 g/mol. The SMILES string of the molecule is CO[C@@H]1C[C@@H](c2ncn[nH]2)N(C(=O)c2cccc3oc(C)nc23)C1. The highest BCUT2D eigenvalue weighted by molar-refractivity contribution is 6.04. The van der Waals surface area contributed by atoms with Crippen molar-refractivity contribution >= 4 is 17.0 Å². The van der Waals surface area contributed by atoms with Crippen LogP contribution in [0.4, 0.5) is 0 Å². The maximum atomic E-state index is 13.2. The van der Waals surface area contributed by atoms with Gasteiger partial charge in [0.25, 0.3) is 5.91 Å². The van der Waals surface area contributed by atoms with Crippen molar-refractivity contribution in [2.24, 2.45) is 0 Å². The van der Waals surface area contributed by atoms with Gasteiger partial charge < -0.3 is 14.1 Å². The van der Waals surface area contributed by atoms with Crippen molar-refractivity contribution in [3.8, 4) is 0 Å². The van der Waals surface area contributed by atoms with Gasteiger partial charge in [0.05, 0.1) is 17.7 Å². The molecule has 1 saturated heterocycles. The number of aromatic amines is 1. The highest BCUT2D eigenvalue weighted by atomic mass is 16.5. The fourth-order valence-electron chi connectivity index (χ4n) is 3.21. The van der Waals surface area contributed by atoms with Gasteiger partial charge in [-0.1, -0.05) is 6.07 Å². The molecule has 0 aliphatic carbocycles. The molecule has 24 heavy (non-hydrogen) atoms. The number of para-hydroxylation sites is 1. The van der Waals surface area contributed by atoms with Gasteiger partial charge in [0.1, 0.15) is 17.7 Å². The molecule has 124 valence electrons. The minimum absolute atomic E-state index is 0.0395. The molecule has 8 heteroatoms. The van der Waals surface area contributed by atoms with Crippen molar-refractivity contribution in [2.75, 3.05) is 13.7 Å². The lowest BCUT2D eigenvalue weighted by molar-refractivity contribution is 0.0686. The number of carbonyl (C=O) groups is 1. The van der Waals surface area contributed by atoms with Gasteiger partial charge in [0.2, 0.25) is 0 Å². The second kappa shape index (κ2) is 5.72. The molecule has 1 N–H and O–H groups in total. The maximum absolute atomic E-state index is 13.2. The predicted octanol–water partition coefficient (Wildman–Crippen LogP) is 1.86. The number of oxazole rings is 1. The number of hydrogen-bond donors (Lipinski definition) is 1. The summed E-state index contributed by atoms with van der Waals surface area (Å²) in [6.07, 6.45) is 2.08. The molecule has 1 aliphatic rings. The number of H-pyrrole nitrogens is 1. The van der Waals surface area contributed by atoms with E-state index in [0.29, 0.717) is 41.3 Å². The third-order valence-electron chi connectivity index (χ3n) is 4.36. The molecule has 1 amide bonds. The summed E-state index contributed by atoms with van der Waals surface area (Å²) in [6.45, 7) is 2.26. The van der Waals surface area contributed by atoms with E-state index in [-0.39, 0.29) is 18.1 Å². The highest BCUT2D eigenvalue weighted by Crippen LogP contribution is 2.33.